The number of aryl methyl sites for hydroxylation is 1. The van der Waals surface area contributed by atoms with Crippen molar-refractivity contribution in [3.63, 3.8) is 0 Å². The summed E-state index contributed by atoms with van der Waals surface area (Å²) < 4.78 is 1.57. The van der Waals surface area contributed by atoms with Crippen molar-refractivity contribution < 1.29 is 4.79 Å². The number of likely N-dealkylation sites (tertiary alicyclic amines) is 1. The van der Waals surface area contributed by atoms with Gasteiger partial charge >= 0.3 is 0 Å². The van der Waals surface area contributed by atoms with Crippen molar-refractivity contribution in [1.29, 1.82) is 0 Å². The van der Waals surface area contributed by atoms with Gasteiger partial charge in [0.2, 0.25) is 0 Å². The molecule has 1 amide bonds. The standard InChI is InChI=1S/C25H29N3O2/c1-27-23-12-5-4-11-21(23)22(16-24(27)29)25(30)26-17-19-9-8-10-20(15-19)18-28-13-6-2-3-7-14-28/h4-5,8-12,15-16H,2-3,6-7,13-14,17-18H2,1H3,(H,26,30). The van der Waals surface area contributed by atoms with E-state index in [0.717, 1.165) is 36.1 Å². The zero-order valence-corrected chi connectivity index (χ0v) is 17.6. The lowest BCUT2D eigenvalue weighted by Gasteiger charge is -2.20. The van der Waals surface area contributed by atoms with Crippen LogP contribution in [0, 0.1) is 0 Å². The van der Waals surface area contributed by atoms with E-state index < -0.39 is 0 Å². The number of para-hydroxylation sites is 1. The molecule has 0 spiro atoms. The molecule has 156 valence electrons. The molecule has 1 aliphatic heterocycles. The van der Waals surface area contributed by atoms with Gasteiger partial charge in [-0.1, -0.05) is 55.3 Å². The first-order valence-electron chi connectivity index (χ1n) is 10.8. The van der Waals surface area contributed by atoms with Crippen LogP contribution in [0.5, 0.6) is 0 Å². The van der Waals surface area contributed by atoms with Crippen LogP contribution in [0.2, 0.25) is 0 Å². The number of benzene rings is 2. The Labute approximate surface area is 177 Å². The smallest absolute Gasteiger partial charge is 0.252 e. The number of nitrogens with one attached hydrogen (secondary N) is 1. The van der Waals surface area contributed by atoms with Gasteiger partial charge in [0, 0.05) is 31.6 Å². The molecule has 2 heterocycles. The lowest BCUT2D eigenvalue weighted by atomic mass is 10.1. The van der Waals surface area contributed by atoms with E-state index in [4.69, 9.17) is 0 Å². The average Bonchev–Trinajstić information content (AvgIpc) is 3.03. The van der Waals surface area contributed by atoms with E-state index >= 15 is 0 Å². The summed E-state index contributed by atoms with van der Waals surface area (Å²) in [5, 5.41) is 3.78. The van der Waals surface area contributed by atoms with Gasteiger partial charge in [-0.3, -0.25) is 14.5 Å². The summed E-state index contributed by atoms with van der Waals surface area (Å²) in [6.07, 6.45) is 5.22. The van der Waals surface area contributed by atoms with Gasteiger partial charge < -0.3 is 9.88 Å². The summed E-state index contributed by atoms with van der Waals surface area (Å²) in [5.41, 5.74) is 3.36. The van der Waals surface area contributed by atoms with Gasteiger partial charge in [-0.25, -0.2) is 0 Å². The number of nitrogens with zero attached hydrogens (tertiary/aromatic N) is 2. The van der Waals surface area contributed by atoms with Crippen molar-refractivity contribution in [2.75, 3.05) is 13.1 Å². The van der Waals surface area contributed by atoms with Crippen LogP contribution in [0.25, 0.3) is 10.9 Å². The minimum Gasteiger partial charge on any atom is -0.348 e. The van der Waals surface area contributed by atoms with Crippen molar-refractivity contribution in [3.05, 3.63) is 81.6 Å². The highest BCUT2D eigenvalue weighted by molar-refractivity contribution is 6.06. The molecule has 0 atom stereocenters. The van der Waals surface area contributed by atoms with Gasteiger partial charge in [-0.15, -0.1) is 0 Å². The Kier molecular flexibility index (Phi) is 6.29. The molecular weight excluding hydrogens is 374 g/mol. The summed E-state index contributed by atoms with van der Waals surface area (Å²) >= 11 is 0. The van der Waals surface area contributed by atoms with E-state index in [9.17, 15) is 9.59 Å². The minimum absolute atomic E-state index is 0.182. The second kappa shape index (κ2) is 9.26. The van der Waals surface area contributed by atoms with E-state index in [1.54, 1.807) is 11.6 Å². The lowest BCUT2D eigenvalue weighted by Crippen LogP contribution is -2.27. The van der Waals surface area contributed by atoms with Gasteiger partial charge in [-0.05, 0) is 43.1 Å². The largest absolute Gasteiger partial charge is 0.348 e. The average molecular weight is 404 g/mol. The number of carbonyl (C=O) groups is 1. The maximum absolute atomic E-state index is 12.9. The lowest BCUT2D eigenvalue weighted by molar-refractivity contribution is 0.0952. The molecule has 5 nitrogen and oxygen atoms in total. The molecule has 3 aromatic rings. The zero-order chi connectivity index (χ0) is 20.9. The first-order valence-corrected chi connectivity index (χ1v) is 10.8. The zero-order valence-electron chi connectivity index (χ0n) is 17.6. The Hall–Kier alpha value is -2.92. The molecule has 5 heteroatoms. The van der Waals surface area contributed by atoms with Crippen molar-refractivity contribution >= 4 is 16.8 Å². The van der Waals surface area contributed by atoms with E-state index in [-0.39, 0.29) is 11.5 Å². The number of pyridine rings is 1. The fourth-order valence-corrected chi connectivity index (χ4v) is 4.27. The molecule has 0 radical (unpaired) electrons. The van der Waals surface area contributed by atoms with Crippen molar-refractivity contribution in [2.45, 2.75) is 38.8 Å². The summed E-state index contributed by atoms with van der Waals surface area (Å²) in [4.78, 5) is 27.7. The van der Waals surface area contributed by atoms with E-state index in [1.165, 1.54) is 37.3 Å². The number of carbonyl (C=O) groups excluding carboxylic acids is 1. The topological polar surface area (TPSA) is 54.3 Å². The molecule has 1 aromatic heterocycles. The molecule has 30 heavy (non-hydrogen) atoms. The number of hydrogen-bond acceptors (Lipinski definition) is 3. The Morgan fingerprint density at radius 1 is 0.933 bits per heavy atom. The van der Waals surface area contributed by atoms with Crippen molar-refractivity contribution in [1.82, 2.24) is 14.8 Å². The van der Waals surface area contributed by atoms with Gasteiger partial charge in [0.1, 0.15) is 0 Å². The van der Waals surface area contributed by atoms with Crippen LogP contribution in [0.3, 0.4) is 0 Å². The van der Waals surface area contributed by atoms with Crippen LogP contribution >= 0.6 is 0 Å². The molecule has 0 saturated carbocycles. The molecular formula is C25H29N3O2. The monoisotopic (exact) mass is 403 g/mol. The summed E-state index contributed by atoms with van der Waals surface area (Å²) in [5.74, 6) is -0.221. The van der Waals surface area contributed by atoms with E-state index in [0.29, 0.717) is 12.1 Å². The SMILES string of the molecule is Cn1c(=O)cc(C(=O)NCc2cccc(CN3CCCCCC3)c2)c2ccccc21. The highest BCUT2D eigenvalue weighted by Gasteiger charge is 2.14. The molecule has 4 rings (SSSR count). The summed E-state index contributed by atoms with van der Waals surface area (Å²) in [6, 6.07) is 17.3. The molecule has 1 fully saturated rings. The number of aromatic nitrogens is 1. The van der Waals surface area contributed by atoms with Crippen LogP contribution in [0.1, 0.15) is 47.2 Å². The molecule has 0 aliphatic carbocycles. The third kappa shape index (κ3) is 4.62. The number of rotatable bonds is 5. The summed E-state index contributed by atoms with van der Waals surface area (Å²) in [6.45, 7) is 3.73. The second-order valence-electron chi connectivity index (χ2n) is 8.17. The van der Waals surface area contributed by atoms with Gasteiger partial charge in [-0.2, -0.15) is 0 Å². The fraction of sp³-hybridized carbons (Fsp3) is 0.360. The maximum Gasteiger partial charge on any atom is 0.252 e. The van der Waals surface area contributed by atoms with Crippen LogP contribution in [0.15, 0.2) is 59.4 Å². The Morgan fingerprint density at radius 2 is 1.67 bits per heavy atom. The number of fused-ring (bicyclic) bond motifs is 1. The first kappa shape index (κ1) is 20.4. The fourth-order valence-electron chi connectivity index (χ4n) is 4.27. The van der Waals surface area contributed by atoms with Gasteiger partial charge in [0.15, 0.2) is 0 Å². The molecule has 1 N–H and O–H groups in total. The Balaban J connectivity index is 1.46. The van der Waals surface area contributed by atoms with Gasteiger partial charge in [0.05, 0.1) is 11.1 Å². The predicted molar refractivity (Wildman–Crippen MR) is 121 cm³/mol. The second-order valence-corrected chi connectivity index (χ2v) is 8.17. The quantitative estimate of drug-likeness (QED) is 0.704. The van der Waals surface area contributed by atoms with E-state index in [1.807, 2.05) is 30.3 Å². The third-order valence-corrected chi connectivity index (χ3v) is 5.95. The van der Waals surface area contributed by atoms with Crippen molar-refractivity contribution in [2.24, 2.45) is 7.05 Å². The number of hydrogen-bond donors (Lipinski definition) is 1. The highest BCUT2D eigenvalue weighted by atomic mass is 16.2. The highest BCUT2D eigenvalue weighted by Crippen LogP contribution is 2.17. The Morgan fingerprint density at radius 3 is 2.47 bits per heavy atom. The summed E-state index contributed by atoms with van der Waals surface area (Å²) in [7, 11) is 1.72. The molecule has 2 aromatic carbocycles. The minimum atomic E-state index is -0.221. The maximum atomic E-state index is 12.9. The molecule has 0 bridgehead atoms. The molecule has 1 saturated heterocycles. The van der Waals surface area contributed by atoms with E-state index in [2.05, 4.69) is 28.4 Å². The van der Waals surface area contributed by atoms with Crippen LogP contribution < -0.4 is 10.9 Å². The van der Waals surface area contributed by atoms with Crippen LogP contribution in [-0.2, 0) is 20.1 Å². The van der Waals surface area contributed by atoms with Crippen LogP contribution in [-0.4, -0.2) is 28.5 Å². The predicted octanol–water partition coefficient (Wildman–Crippen LogP) is 3.84. The third-order valence-electron chi connectivity index (χ3n) is 5.95. The number of amides is 1. The van der Waals surface area contributed by atoms with Crippen LogP contribution in [0.4, 0.5) is 0 Å². The Bertz CT molecular complexity index is 1090. The normalized spacial score (nSPS) is 15.1. The first-order chi connectivity index (χ1) is 14.6. The molecule has 0 unspecified atom stereocenters. The van der Waals surface area contributed by atoms with Gasteiger partial charge in [0.25, 0.3) is 11.5 Å². The molecule has 1 aliphatic rings. The van der Waals surface area contributed by atoms with Crippen molar-refractivity contribution in [3.8, 4) is 0 Å².